The zero-order valence-electron chi connectivity index (χ0n) is 10.2. The molecular formula is C15H15NO2. The van der Waals surface area contributed by atoms with E-state index in [4.69, 9.17) is 14.6 Å². The molecule has 1 unspecified atom stereocenters. The van der Waals surface area contributed by atoms with E-state index in [1.165, 1.54) is 0 Å². The van der Waals surface area contributed by atoms with Crippen LogP contribution < -0.4 is 5.73 Å². The van der Waals surface area contributed by atoms with Gasteiger partial charge < -0.3 is 14.6 Å². The maximum absolute atomic E-state index is 6.16. The third-order valence-electron chi connectivity index (χ3n) is 3.09. The number of rotatable bonds is 3. The largest absolute Gasteiger partial charge is 0.464 e. The van der Waals surface area contributed by atoms with Crippen LogP contribution in [-0.2, 0) is 6.42 Å². The quantitative estimate of drug-likeness (QED) is 0.761. The van der Waals surface area contributed by atoms with Crippen LogP contribution in [0.25, 0.3) is 11.0 Å². The molecule has 0 fully saturated rings. The molecular weight excluding hydrogens is 226 g/mol. The minimum absolute atomic E-state index is 0.349. The van der Waals surface area contributed by atoms with Crippen molar-refractivity contribution in [3.05, 3.63) is 59.7 Å². The summed E-state index contributed by atoms with van der Waals surface area (Å²) in [7, 11) is 0. The van der Waals surface area contributed by atoms with Crippen LogP contribution in [0.5, 0.6) is 0 Å². The van der Waals surface area contributed by atoms with Gasteiger partial charge in [0.25, 0.3) is 0 Å². The van der Waals surface area contributed by atoms with Gasteiger partial charge in [-0.05, 0) is 24.3 Å². The maximum atomic E-state index is 6.16. The van der Waals surface area contributed by atoms with E-state index in [1.54, 1.807) is 0 Å². The lowest BCUT2D eigenvalue weighted by Gasteiger charge is -2.04. The van der Waals surface area contributed by atoms with Crippen molar-refractivity contribution >= 4 is 11.0 Å². The average Bonchev–Trinajstić information content (AvgIpc) is 3.04. The van der Waals surface area contributed by atoms with Crippen LogP contribution in [0.4, 0.5) is 0 Å². The summed E-state index contributed by atoms with van der Waals surface area (Å²) < 4.78 is 11.4. The fourth-order valence-electron chi connectivity index (χ4n) is 2.05. The fraction of sp³-hybridized carbons (Fsp3) is 0.200. The molecule has 0 saturated carbocycles. The third-order valence-corrected chi connectivity index (χ3v) is 3.09. The average molecular weight is 241 g/mol. The minimum atomic E-state index is -0.349. The summed E-state index contributed by atoms with van der Waals surface area (Å²) in [5.74, 6) is 2.41. The molecule has 0 bridgehead atoms. The molecule has 92 valence electrons. The van der Waals surface area contributed by atoms with Crippen molar-refractivity contribution in [3.8, 4) is 0 Å². The Morgan fingerprint density at radius 1 is 1.06 bits per heavy atom. The first-order valence-corrected chi connectivity index (χ1v) is 6.10. The standard InChI is InChI=1S/C15H15NO2/c1-2-11-7-8-13(17-11)15(16)14-9-10-5-3-4-6-12(10)18-14/h3-9,15H,2,16H2,1H3. The highest BCUT2D eigenvalue weighted by Gasteiger charge is 2.17. The van der Waals surface area contributed by atoms with Crippen LogP contribution in [0.15, 0.2) is 51.3 Å². The molecule has 3 aromatic rings. The van der Waals surface area contributed by atoms with E-state index < -0.39 is 0 Å². The molecule has 3 rings (SSSR count). The van der Waals surface area contributed by atoms with Crippen molar-refractivity contribution in [3.63, 3.8) is 0 Å². The van der Waals surface area contributed by atoms with Gasteiger partial charge in [0.05, 0.1) is 0 Å². The summed E-state index contributed by atoms with van der Waals surface area (Å²) in [6, 6.07) is 13.4. The van der Waals surface area contributed by atoms with Gasteiger partial charge >= 0.3 is 0 Å². The van der Waals surface area contributed by atoms with Gasteiger partial charge in [0.15, 0.2) is 0 Å². The Bertz CT molecular complexity index is 633. The SMILES string of the molecule is CCc1ccc(C(N)c2cc3ccccc3o2)o1. The fourth-order valence-corrected chi connectivity index (χ4v) is 2.05. The molecule has 0 saturated heterocycles. The summed E-state index contributed by atoms with van der Waals surface area (Å²) in [5.41, 5.74) is 7.01. The van der Waals surface area contributed by atoms with Crippen molar-refractivity contribution in [2.45, 2.75) is 19.4 Å². The van der Waals surface area contributed by atoms with Gasteiger partial charge in [0, 0.05) is 11.8 Å². The molecule has 0 amide bonds. The minimum Gasteiger partial charge on any atom is -0.464 e. The van der Waals surface area contributed by atoms with Gasteiger partial charge in [-0.15, -0.1) is 0 Å². The number of hydrogen-bond donors (Lipinski definition) is 1. The molecule has 2 aromatic heterocycles. The maximum Gasteiger partial charge on any atom is 0.134 e. The molecule has 0 aliphatic carbocycles. The lowest BCUT2D eigenvalue weighted by atomic mass is 10.1. The van der Waals surface area contributed by atoms with Crippen molar-refractivity contribution < 1.29 is 8.83 Å². The summed E-state index contributed by atoms with van der Waals surface area (Å²) >= 11 is 0. The lowest BCUT2D eigenvalue weighted by molar-refractivity contribution is 0.424. The van der Waals surface area contributed by atoms with Gasteiger partial charge in [0.1, 0.15) is 28.9 Å². The van der Waals surface area contributed by atoms with E-state index in [0.717, 1.165) is 34.7 Å². The van der Waals surface area contributed by atoms with E-state index in [0.29, 0.717) is 0 Å². The van der Waals surface area contributed by atoms with Crippen molar-refractivity contribution in [2.75, 3.05) is 0 Å². The summed E-state index contributed by atoms with van der Waals surface area (Å²) in [6.07, 6.45) is 0.868. The Morgan fingerprint density at radius 3 is 2.61 bits per heavy atom. The zero-order chi connectivity index (χ0) is 12.5. The first-order chi connectivity index (χ1) is 8.78. The number of furan rings is 2. The molecule has 18 heavy (non-hydrogen) atoms. The number of fused-ring (bicyclic) bond motifs is 1. The van der Waals surface area contributed by atoms with Crippen molar-refractivity contribution in [1.29, 1.82) is 0 Å². The second kappa shape index (κ2) is 4.35. The Labute approximate surface area is 105 Å². The highest BCUT2D eigenvalue weighted by Crippen LogP contribution is 2.27. The predicted octanol–water partition coefficient (Wildman–Crippen LogP) is 3.64. The number of hydrogen-bond acceptors (Lipinski definition) is 3. The highest BCUT2D eigenvalue weighted by molar-refractivity contribution is 5.77. The van der Waals surface area contributed by atoms with E-state index in [-0.39, 0.29) is 6.04 Å². The highest BCUT2D eigenvalue weighted by atomic mass is 16.4. The second-order valence-corrected chi connectivity index (χ2v) is 4.32. The Kier molecular flexibility index (Phi) is 2.68. The third kappa shape index (κ3) is 1.83. The van der Waals surface area contributed by atoms with Crippen LogP contribution in [0, 0.1) is 0 Å². The van der Waals surface area contributed by atoms with Crippen molar-refractivity contribution in [2.24, 2.45) is 5.73 Å². The second-order valence-electron chi connectivity index (χ2n) is 4.32. The molecule has 3 nitrogen and oxygen atoms in total. The summed E-state index contributed by atoms with van der Waals surface area (Å²) in [4.78, 5) is 0. The van der Waals surface area contributed by atoms with Crippen LogP contribution in [0.3, 0.4) is 0 Å². The van der Waals surface area contributed by atoms with E-state index in [1.807, 2.05) is 42.5 Å². The molecule has 0 aliphatic heterocycles. The van der Waals surface area contributed by atoms with E-state index in [9.17, 15) is 0 Å². The zero-order valence-corrected chi connectivity index (χ0v) is 10.2. The lowest BCUT2D eigenvalue weighted by Crippen LogP contribution is -2.09. The normalized spacial score (nSPS) is 13.0. The van der Waals surface area contributed by atoms with Crippen LogP contribution >= 0.6 is 0 Å². The van der Waals surface area contributed by atoms with Crippen LogP contribution in [0.1, 0.15) is 30.2 Å². The first-order valence-electron chi connectivity index (χ1n) is 6.10. The number of para-hydroxylation sites is 1. The molecule has 0 aliphatic rings. The smallest absolute Gasteiger partial charge is 0.134 e. The van der Waals surface area contributed by atoms with Crippen LogP contribution in [-0.4, -0.2) is 0 Å². The molecule has 0 radical (unpaired) electrons. The van der Waals surface area contributed by atoms with Crippen molar-refractivity contribution in [1.82, 2.24) is 0 Å². The van der Waals surface area contributed by atoms with Gasteiger partial charge in [-0.3, -0.25) is 0 Å². The Hall–Kier alpha value is -2.00. The van der Waals surface area contributed by atoms with E-state index >= 15 is 0 Å². The first kappa shape index (κ1) is 11.1. The predicted molar refractivity (Wildman–Crippen MR) is 70.3 cm³/mol. The number of aryl methyl sites for hydroxylation is 1. The van der Waals surface area contributed by atoms with Crippen LogP contribution in [0.2, 0.25) is 0 Å². The number of benzene rings is 1. The van der Waals surface area contributed by atoms with Gasteiger partial charge in [-0.1, -0.05) is 25.1 Å². The topological polar surface area (TPSA) is 52.3 Å². The molecule has 1 atom stereocenters. The van der Waals surface area contributed by atoms with E-state index in [2.05, 4.69) is 6.92 Å². The van der Waals surface area contributed by atoms with Gasteiger partial charge in [-0.25, -0.2) is 0 Å². The molecule has 2 heterocycles. The molecule has 1 aromatic carbocycles. The Morgan fingerprint density at radius 2 is 1.89 bits per heavy atom. The summed E-state index contributed by atoms with van der Waals surface area (Å²) in [6.45, 7) is 2.05. The number of nitrogens with two attached hydrogens (primary N) is 1. The van der Waals surface area contributed by atoms with Gasteiger partial charge in [-0.2, -0.15) is 0 Å². The molecule has 0 spiro atoms. The molecule has 3 heteroatoms. The van der Waals surface area contributed by atoms with Gasteiger partial charge in [0.2, 0.25) is 0 Å². The molecule has 2 N–H and O–H groups in total. The Balaban J connectivity index is 1.98. The summed E-state index contributed by atoms with van der Waals surface area (Å²) in [5, 5.41) is 1.06. The monoisotopic (exact) mass is 241 g/mol.